The number of anilines is 1. The number of para-hydroxylation sites is 2. The van der Waals surface area contributed by atoms with Gasteiger partial charge in [-0.25, -0.2) is 4.39 Å². The molecule has 7 heteroatoms. The molecule has 2 rings (SSSR count). The molecule has 2 aromatic rings. The normalized spacial score (nSPS) is 11.5. The summed E-state index contributed by atoms with van der Waals surface area (Å²) in [6.07, 6.45) is -0.987. The molecule has 0 heterocycles. The highest BCUT2D eigenvalue weighted by Crippen LogP contribution is 2.24. The van der Waals surface area contributed by atoms with Crippen LogP contribution >= 0.6 is 11.8 Å². The second kappa shape index (κ2) is 9.08. The maximum Gasteiger partial charge on any atom is 0.317 e. The summed E-state index contributed by atoms with van der Waals surface area (Å²) in [5, 5.41) is 2.64. The molecular weight excluding hydrogens is 345 g/mol. The largest absolute Gasteiger partial charge is 0.495 e. The molecule has 0 aliphatic carbocycles. The number of amides is 1. The van der Waals surface area contributed by atoms with Crippen LogP contribution in [0.2, 0.25) is 0 Å². The number of ether oxygens (including phenoxy) is 2. The lowest BCUT2D eigenvalue weighted by Gasteiger charge is -2.15. The fourth-order valence-electron chi connectivity index (χ4n) is 1.97. The summed E-state index contributed by atoms with van der Waals surface area (Å²) in [6.45, 7) is 1.47. The maximum absolute atomic E-state index is 13.5. The van der Waals surface area contributed by atoms with Gasteiger partial charge >= 0.3 is 5.97 Å². The fraction of sp³-hybridized carbons (Fsp3) is 0.222. The Kier molecular flexibility index (Phi) is 6.82. The van der Waals surface area contributed by atoms with Crippen LogP contribution in [-0.4, -0.2) is 30.8 Å². The number of methoxy groups -OCH3 is 1. The number of hydrogen-bond acceptors (Lipinski definition) is 5. The third kappa shape index (κ3) is 5.49. The van der Waals surface area contributed by atoms with Gasteiger partial charge in [-0.1, -0.05) is 24.3 Å². The first-order valence-electron chi connectivity index (χ1n) is 7.52. The molecule has 5 nitrogen and oxygen atoms in total. The second-order valence-electron chi connectivity index (χ2n) is 5.04. The van der Waals surface area contributed by atoms with Gasteiger partial charge in [0.2, 0.25) is 0 Å². The predicted octanol–water partition coefficient (Wildman–Crippen LogP) is 3.50. The number of halogens is 1. The van der Waals surface area contributed by atoms with E-state index in [1.54, 1.807) is 42.5 Å². The van der Waals surface area contributed by atoms with Gasteiger partial charge in [0.05, 0.1) is 18.6 Å². The molecule has 0 aromatic heterocycles. The molecule has 0 bridgehead atoms. The number of thioether (sulfide) groups is 1. The highest BCUT2D eigenvalue weighted by Gasteiger charge is 2.19. The van der Waals surface area contributed by atoms with Crippen molar-refractivity contribution < 1.29 is 23.5 Å². The molecule has 0 fully saturated rings. The van der Waals surface area contributed by atoms with Crippen molar-refractivity contribution >= 4 is 29.3 Å². The number of nitrogens with one attached hydrogen (secondary N) is 1. The predicted molar refractivity (Wildman–Crippen MR) is 94.3 cm³/mol. The van der Waals surface area contributed by atoms with Crippen LogP contribution in [0.15, 0.2) is 53.4 Å². The standard InChI is InChI=1S/C18H18FNO4S/c1-12(18(22)20-14-8-4-5-9-15(14)23-2)24-17(21)11-25-16-10-6-3-7-13(16)19/h3-10,12H,11H2,1-2H3,(H,20,22)/t12-/m0/s1. The zero-order valence-corrected chi connectivity index (χ0v) is 14.6. The number of carbonyl (C=O) groups excluding carboxylic acids is 2. The van der Waals surface area contributed by atoms with Crippen molar-refractivity contribution in [1.82, 2.24) is 0 Å². The Hall–Kier alpha value is -2.54. The van der Waals surface area contributed by atoms with Gasteiger partial charge in [-0.05, 0) is 31.2 Å². The van der Waals surface area contributed by atoms with Crippen LogP contribution in [0.4, 0.5) is 10.1 Å². The van der Waals surface area contributed by atoms with Gasteiger partial charge in [0.1, 0.15) is 11.6 Å². The van der Waals surface area contributed by atoms with Crippen molar-refractivity contribution in [3.05, 3.63) is 54.3 Å². The van der Waals surface area contributed by atoms with Gasteiger partial charge < -0.3 is 14.8 Å². The van der Waals surface area contributed by atoms with Crippen LogP contribution in [0, 0.1) is 5.82 Å². The fourth-order valence-corrected chi connectivity index (χ4v) is 2.69. The Bertz CT molecular complexity index is 753. The highest BCUT2D eigenvalue weighted by molar-refractivity contribution is 8.00. The molecule has 0 unspecified atom stereocenters. The summed E-state index contributed by atoms with van der Waals surface area (Å²) in [5.74, 6) is -1.07. The van der Waals surface area contributed by atoms with E-state index in [4.69, 9.17) is 9.47 Å². The van der Waals surface area contributed by atoms with Crippen molar-refractivity contribution in [1.29, 1.82) is 0 Å². The lowest BCUT2D eigenvalue weighted by Crippen LogP contribution is -2.30. The maximum atomic E-state index is 13.5. The van der Waals surface area contributed by atoms with E-state index in [1.165, 1.54) is 20.1 Å². The number of rotatable bonds is 7. The van der Waals surface area contributed by atoms with E-state index < -0.39 is 23.8 Å². The van der Waals surface area contributed by atoms with Gasteiger partial charge in [0.15, 0.2) is 6.10 Å². The molecule has 0 radical (unpaired) electrons. The topological polar surface area (TPSA) is 64.6 Å². The first-order chi connectivity index (χ1) is 12.0. The zero-order valence-electron chi connectivity index (χ0n) is 13.8. The molecule has 1 N–H and O–H groups in total. The monoisotopic (exact) mass is 363 g/mol. The summed E-state index contributed by atoms with van der Waals surface area (Å²) < 4.78 is 23.7. The molecule has 0 saturated carbocycles. The van der Waals surface area contributed by atoms with E-state index in [9.17, 15) is 14.0 Å². The Morgan fingerprint density at radius 3 is 2.56 bits per heavy atom. The lowest BCUT2D eigenvalue weighted by molar-refractivity contribution is -0.150. The van der Waals surface area contributed by atoms with Crippen LogP contribution < -0.4 is 10.1 Å². The minimum absolute atomic E-state index is 0.0901. The first kappa shape index (κ1) is 18.8. The Labute approximate surface area is 149 Å². The van der Waals surface area contributed by atoms with Crippen molar-refractivity contribution in [2.75, 3.05) is 18.2 Å². The van der Waals surface area contributed by atoms with Crippen molar-refractivity contribution in [3.8, 4) is 5.75 Å². The average Bonchev–Trinajstić information content (AvgIpc) is 2.61. The van der Waals surface area contributed by atoms with Crippen LogP contribution in [-0.2, 0) is 14.3 Å². The summed E-state index contributed by atoms with van der Waals surface area (Å²) >= 11 is 1.02. The van der Waals surface area contributed by atoms with Crippen molar-refractivity contribution in [2.24, 2.45) is 0 Å². The van der Waals surface area contributed by atoms with Gasteiger partial charge in [-0.15, -0.1) is 11.8 Å². The minimum atomic E-state index is -0.987. The molecule has 0 aliphatic rings. The van der Waals surface area contributed by atoms with E-state index in [1.807, 2.05) is 0 Å². The molecule has 0 saturated heterocycles. The van der Waals surface area contributed by atoms with Crippen molar-refractivity contribution in [3.63, 3.8) is 0 Å². The molecule has 1 atom stereocenters. The summed E-state index contributed by atoms with van der Waals surface area (Å²) in [5.41, 5.74) is 0.485. The van der Waals surface area contributed by atoms with Crippen LogP contribution in [0.25, 0.3) is 0 Å². The SMILES string of the molecule is COc1ccccc1NC(=O)[C@H](C)OC(=O)CSc1ccccc1F. The molecule has 0 aliphatic heterocycles. The smallest absolute Gasteiger partial charge is 0.317 e. The third-order valence-corrected chi connectivity index (χ3v) is 4.25. The summed E-state index contributed by atoms with van der Waals surface area (Å²) in [7, 11) is 1.49. The minimum Gasteiger partial charge on any atom is -0.495 e. The molecule has 132 valence electrons. The molecule has 25 heavy (non-hydrogen) atoms. The number of benzene rings is 2. The summed E-state index contributed by atoms with van der Waals surface area (Å²) in [6, 6.07) is 13.1. The first-order valence-corrected chi connectivity index (χ1v) is 8.50. The van der Waals surface area contributed by atoms with Crippen LogP contribution in [0.3, 0.4) is 0 Å². The third-order valence-electron chi connectivity index (χ3n) is 3.22. The lowest BCUT2D eigenvalue weighted by atomic mass is 10.2. The number of esters is 1. The Morgan fingerprint density at radius 1 is 1.16 bits per heavy atom. The van der Waals surface area contributed by atoms with Gasteiger partial charge in [-0.2, -0.15) is 0 Å². The molecule has 2 aromatic carbocycles. The van der Waals surface area contributed by atoms with Crippen LogP contribution in [0.5, 0.6) is 5.75 Å². The van der Waals surface area contributed by atoms with Gasteiger partial charge in [0, 0.05) is 4.90 Å². The van der Waals surface area contributed by atoms with Gasteiger partial charge in [-0.3, -0.25) is 9.59 Å². The number of hydrogen-bond donors (Lipinski definition) is 1. The zero-order chi connectivity index (χ0) is 18.2. The Morgan fingerprint density at radius 2 is 1.84 bits per heavy atom. The van der Waals surface area contributed by atoms with Gasteiger partial charge in [0.25, 0.3) is 5.91 Å². The van der Waals surface area contributed by atoms with E-state index in [0.717, 1.165) is 11.8 Å². The van der Waals surface area contributed by atoms with E-state index >= 15 is 0 Å². The van der Waals surface area contributed by atoms with Crippen LogP contribution in [0.1, 0.15) is 6.92 Å². The van der Waals surface area contributed by atoms with E-state index in [0.29, 0.717) is 16.3 Å². The highest BCUT2D eigenvalue weighted by atomic mass is 32.2. The second-order valence-corrected chi connectivity index (χ2v) is 6.06. The molecule has 1 amide bonds. The molecule has 0 spiro atoms. The number of carbonyl (C=O) groups is 2. The molecular formula is C18H18FNO4S. The average molecular weight is 363 g/mol. The Balaban J connectivity index is 1.86. The summed E-state index contributed by atoms with van der Waals surface area (Å²) in [4.78, 5) is 24.3. The van der Waals surface area contributed by atoms with E-state index in [2.05, 4.69) is 5.32 Å². The van der Waals surface area contributed by atoms with E-state index in [-0.39, 0.29) is 5.75 Å². The van der Waals surface area contributed by atoms with Crippen molar-refractivity contribution in [2.45, 2.75) is 17.9 Å². The quantitative estimate of drug-likeness (QED) is 0.603.